The second kappa shape index (κ2) is 4.74. The zero-order valence-electron chi connectivity index (χ0n) is 9.92. The van der Waals surface area contributed by atoms with Crippen LogP contribution in [-0.4, -0.2) is 20.7 Å². The van der Waals surface area contributed by atoms with Crippen LogP contribution >= 0.6 is 0 Å². The van der Waals surface area contributed by atoms with Gasteiger partial charge in [-0.3, -0.25) is 9.48 Å². The van der Waals surface area contributed by atoms with E-state index in [0.717, 1.165) is 5.56 Å². The van der Waals surface area contributed by atoms with Crippen LogP contribution in [0.1, 0.15) is 15.9 Å². The van der Waals surface area contributed by atoms with Crippen molar-refractivity contribution in [2.45, 2.75) is 6.54 Å². The third-order valence-electron chi connectivity index (χ3n) is 2.57. The first-order valence-electron chi connectivity index (χ1n) is 5.34. The second-order valence-corrected chi connectivity index (χ2v) is 3.83. The Hall–Kier alpha value is -2.57. The molecule has 0 unspecified atom stereocenters. The molecule has 0 aliphatic rings. The van der Waals surface area contributed by atoms with Crippen molar-refractivity contribution >= 4 is 17.5 Å². The van der Waals surface area contributed by atoms with Gasteiger partial charge in [0.25, 0.3) is 0 Å². The summed E-state index contributed by atoms with van der Waals surface area (Å²) >= 11 is 0. The first-order valence-corrected chi connectivity index (χ1v) is 5.34. The molecule has 0 fully saturated rings. The van der Waals surface area contributed by atoms with E-state index < -0.39 is 5.91 Å². The van der Waals surface area contributed by atoms with E-state index in [-0.39, 0.29) is 0 Å². The van der Waals surface area contributed by atoms with Gasteiger partial charge < -0.3 is 16.8 Å². The minimum atomic E-state index is -0.495. The molecule has 5 N–H and O–H groups in total. The fourth-order valence-corrected chi connectivity index (χ4v) is 1.46. The predicted octanol–water partition coefficient (Wildman–Crippen LogP) is 0.108. The molecule has 94 valence electrons. The number of hydrogen-bond donors (Lipinski definition) is 3. The van der Waals surface area contributed by atoms with Crippen LogP contribution in [0.5, 0.6) is 0 Å². The predicted molar refractivity (Wildman–Crippen MR) is 67.7 cm³/mol. The molecule has 2 aromatic heterocycles. The number of aromatic nitrogens is 3. The third-order valence-corrected chi connectivity index (χ3v) is 2.57. The Morgan fingerprint density at radius 1 is 1.44 bits per heavy atom. The monoisotopic (exact) mass is 246 g/mol. The van der Waals surface area contributed by atoms with Gasteiger partial charge in [0.1, 0.15) is 11.6 Å². The fourth-order valence-electron chi connectivity index (χ4n) is 1.46. The van der Waals surface area contributed by atoms with Crippen molar-refractivity contribution in [1.29, 1.82) is 0 Å². The molecule has 0 spiro atoms. The van der Waals surface area contributed by atoms with Gasteiger partial charge in [0.15, 0.2) is 0 Å². The molecule has 0 saturated carbocycles. The normalized spacial score (nSPS) is 10.3. The molecular formula is C11H14N6O. The summed E-state index contributed by atoms with van der Waals surface area (Å²) < 4.78 is 1.60. The van der Waals surface area contributed by atoms with E-state index >= 15 is 0 Å². The molecule has 7 heteroatoms. The highest BCUT2D eigenvalue weighted by molar-refractivity contribution is 5.92. The molecule has 0 bridgehead atoms. The second-order valence-electron chi connectivity index (χ2n) is 3.83. The van der Waals surface area contributed by atoms with Crippen LogP contribution in [-0.2, 0) is 13.6 Å². The number of nitrogens with zero attached hydrogens (tertiary/aromatic N) is 3. The van der Waals surface area contributed by atoms with Gasteiger partial charge in [-0.05, 0) is 12.1 Å². The minimum absolute atomic E-state index is 0.376. The molecule has 0 atom stereocenters. The van der Waals surface area contributed by atoms with Gasteiger partial charge in [-0.15, -0.1) is 0 Å². The summed E-state index contributed by atoms with van der Waals surface area (Å²) in [5, 5.41) is 7.12. The lowest BCUT2D eigenvalue weighted by Gasteiger charge is -2.05. The minimum Gasteiger partial charge on any atom is -0.384 e. The zero-order valence-corrected chi connectivity index (χ0v) is 9.92. The maximum absolute atomic E-state index is 10.9. The van der Waals surface area contributed by atoms with Gasteiger partial charge in [0.05, 0.1) is 11.8 Å². The highest BCUT2D eigenvalue weighted by Crippen LogP contribution is 2.12. The fraction of sp³-hybridized carbons (Fsp3) is 0.182. The molecule has 0 aliphatic heterocycles. The van der Waals surface area contributed by atoms with Crippen molar-refractivity contribution in [1.82, 2.24) is 14.8 Å². The molecular weight excluding hydrogens is 232 g/mol. The molecule has 0 aromatic carbocycles. The van der Waals surface area contributed by atoms with Crippen molar-refractivity contribution in [3.05, 3.63) is 35.7 Å². The number of anilines is 2. The van der Waals surface area contributed by atoms with Crippen LogP contribution in [0.3, 0.4) is 0 Å². The van der Waals surface area contributed by atoms with Gasteiger partial charge in [-0.25, -0.2) is 4.98 Å². The zero-order chi connectivity index (χ0) is 13.1. The van der Waals surface area contributed by atoms with Gasteiger partial charge in [0, 0.05) is 25.4 Å². The van der Waals surface area contributed by atoms with Crippen LogP contribution in [0.25, 0.3) is 0 Å². The smallest absolute Gasteiger partial charge is 0.250 e. The lowest BCUT2D eigenvalue weighted by atomic mass is 10.2. The molecule has 2 aromatic rings. The number of amides is 1. The molecule has 1 amide bonds. The first-order chi connectivity index (χ1) is 8.58. The Morgan fingerprint density at radius 3 is 2.72 bits per heavy atom. The summed E-state index contributed by atoms with van der Waals surface area (Å²) in [5.74, 6) is 0.755. The highest BCUT2D eigenvalue weighted by Gasteiger charge is 2.05. The third kappa shape index (κ3) is 2.40. The maximum atomic E-state index is 10.9. The lowest BCUT2D eigenvalue weighted by molar-refractivity contribution is 0.1000. The van der Waals surface area contributed by atoms with Crippen molar-refractivity contribution in [3.63, 3.8) is 0 Å². The van der Waals surface area contributed by atoms with E-state index in [9.17, 15) is 4.79 Å². The number of nitrogens with one attached hydrogen (secondary N) is 1. The topological polar surface area (TPSA) is 112 Å². The number of aryl methyl sites for hydroxylation is 1. The van der Waals surface area contributed by atoms with Crippen LogP contribution in [0.2, 0.25) is 0 Å². The summed E-state index contributed by atoms with van der Waals surface area (Å²) in [6, 6.07) is 3.30. The number of pyridine rings is 1. The molecule has 18 heavy (non-hydrogen) atoms. The van der Waals surface area contributed by atoms with E-state index in [1.54, 1.807) is 30.1 Å². The maximum Gasteiger partial charge on any atom is 0.250 e. The summed E-state index contributed by atoms with van der Waals surface area (Å²) in [4.78, 5) is 14.9. The van der Waals surface area contributed by atoms with Crippen molar-refractivity contribution in [3.8, 4) is 0 Å². The van der Waals surface area contributed by atoms with E-state index in [4.69, 9.17) is 11.5 Å². The Labute approximate surface area is 104 Å². The van der Waals surface area contributed by atoms with E-state index in [1.807, 2.05) is 0 Å². The molecule has 0 radical (unpaired) electrons. The molecule has 0 aliphatic carbocycles. The van der Waals surface area contributed by atoms with Crippen molar-refractivity contribution in [2.24, 2.45) is 12.8 Å². The Kier molecular flexibility index (Phi) is 3.13. The summed E-state index contributed by atoms with van der Waals surface area (Å²) in [5.41, 5.74) is 12.2. The Balaban J connectivity index is 2.02. The summed E-state index contributed by atoms with van der Waals surface area (Å²) in [6.45, 7) is 0.516. The number of hydrogen-bond acceptors (Lipinski definition) is 5. The number of carbonyl (C=O) groups excluding carboxylic acids is 1. The van der Waals surface area contributed by atoms with Crippen LogP contribution in [0.15, 0.2) is 24.5 Å². The van der Waals surface area contributed by atoms with Gasteiger partial charge in [-0.1, -0.05) is 0 Å². The molecule has 2 rings (SSSR count). The molecule has 7 nitrogen and oxygen atoms in total. The van der Waals surface area contributed by atoms with Gasteiger partial charge in [-0.2, -0.15) is 5.10 Å². The van der Waals surface area contributed by atoms with Crippen LogP contribution < -0.4 is 16.8 Å². The summed E-state index contributed by atoms with van der Waals surface area (Å²) in [7, 11) is 1.78. The number of nitrogens with two attached hydrogens (primary N) is 2. The molecule has 2 heterocycles. The largest absolute Gasteiger partial charge is 0.384 e. The van der Waals surface area contributed by atoms with E-state index in [1.165, 1.54) is 6.20 Å². The number of primary amides is 1. The standard InChI is InChI=1S/C11H14N6O/c1-17-10(12)8(6-16-17)5-15-9-3-2-7(4-14-9)11(13)18/h2-4,6H,5,12H2,1H3,(H2,13,18)(H,14,15). The average Bonchev–Trinajstić information content (AvgIpc) is 2.68. The highest BCUT2D eigenvalue weighted by atomic mass is 16.1. The SMILES string of the molecule is Cn1ncc(CNc2ccc(C(N)=O)cn2)c1N. The Bertz CT molecular complexity index is 559. The van der Waals surface area contributed by atoms with Crippen molar-refractivity contribution in [2.75, 3.05) is 11.1 Å². The number of nitrogen functional groups attached to an aromatic ring is 1. The van der Waals surface area contributed by atoms with E-state index in [2.05, 4.69) is 15.4 Å². The van der Waals surface area contributed by atoms with Crippen LogP contribution in [0, 0.1) is 0 Å². The van der Waals surface area contributed by atoms with Crippen LogP contribution in [0.4, 0.5) is 11.6 Å². The first kappa shape index (κ1) is 11.9. The quantitative estimate of drug-likeness (QED) is 0.708. The van der Waals surface area contributed by atoms with Gasteiger partial charge in [0.2, 0.25) is 5.91 Å². The Morgan fingerprint density at radius 2 is 2.22 bits per heavy atom. The number of carbonyl (C=O) groups is 1. The van der Waals surface area contributed by atoms with Gasteiger partial charge >= 0.3 is 0 Å². The average molecular weight is 246 g/mol. The van der Waals surface area contributed by atoms with E-state index in [0.29, 0.717) is 23.7 Å². The number of rotatable bonds is 4. The lowest BCUT2D eigenvalue weighted by Crippen LogP contribution is -2.11. The summed E-state index contributed by atoms with van der Waals surface area (Å²) in [6.07, 6.45) is 3.12. The van der Waals surface area contributed by atoms with Crippen molar-refractivity contribution < 1.29 is 4.79 Å². The molecule has 0 saturated heterocycles.